The first kappa shape index (κ1) is 18.2. The number of hydrogen-bond acceptors (Lipinski definition) is 4. The summed E-state index contributed by atoms with van der Waals surface area (Å²) < 4.78 is 32.3. The zero-order valence-corrected chi connectivity index (χ0v) is 14.5. The summed E-state index contributed by atoms with van der Waals surface area (Å²) in [5, 5.41) is 2.83. The Balaban J connectivity index is 2.02. The first-order valence-electron chi connectivity index (χ1n) is 7.62. The molecule has 0 saturated heterocycles. The summed E-state index contributed by atoms with van der Waals surface area (Å²) in [4.78, 5) is 12.0. The van der Waals surface area contributed by atoms with Gasteiger partial charge in [0.1, 0.15) is 4.90 Å². The highest BCUT2D eigenvalue weighted by atomic mass is 35.5. The van der Waals surface area contributed by atoms with Gasteiger partial charge in [-0.05, 0) is 44.4 Å². The quantitative estimate of drug-likeness (QED) is 0.659. The molecule has 1 aliphatic rings. The smallest absolute Gasteiger partial charge is 0.251 e. The lowest BCUT2D eigenvalue weighted by Gasteiger charge is -2.10. The third-order valence-corrected chi connectivity index (χ3v) is 5.34. The van der Waals surface area contributed by atoms with Gasteiger partial charge in [-0.1, -0.05) is 11.6 Å². The molecule has 0 aliphatic heterocycles. The molecule has 1 amide bonds. The van der Waals surface area contributed by atoms with Gasteiger partial charge in [-0.15, -0.1) is 0 Å². The van der Waals surface area contributed by atoms with Gasteiger partial charge in [0.2, 0.25) is 10.0 Å². The molecule has 1 aromatic carbocycles. The molecule has 1 aliphatic carbocycles. The van der Waals surface area contributed by atoms with E-state index in [2.05, 4.69) is 10.0 Å². The summed E-state index contributed by atoms with van der Waals surface area (Å²) in [6.07, 6.45) is 2.36. The van der Waals surface area contributed by atoms with E-state index in [1.165, 1.54) is 18.2 Å². The molecule has 0 heterocycles. The Bertz CT molecular complexity index is 659. The first-order valence-corrected chi connectivity index (χ1v) is 9.48. The summed E-state index contributed by atoms with van der Waals surface area (Å²) in [5.74, 6) is -0.332. The van der Waals surface area contributed by atoms with Crippen molar-refractivity contribution in [3.05, 3.63) is 28.8 Å². The third-order valence-electron chi connectivity index (χ3n) is 3.34. The van der Waals surface area contributed by atoms with E-state index in [-0.39, 0.29) is 27.4 Å². The van der Waals surface area contributed by atoms with Gasteiger partial charge >= 0.3 is 0 Å². The highest BCUT2D eigenvalue weighted by Gasteiger charge is 2.29. The van der Waals surface area contributed by atoms with Crippen LogP contribution in [0.2, 0.25) is 5.02 Å². The molecule has 1 aromatic rings. The number of sulfonamides is 1. The first-order chi connectivity index (χ1) is 10.9. The number of rotatable bonds is 9. The van der Waals surface area contributed by atoms with Crippen LogP contribution in [0, 0.1) is 0 Å². The summed E-state index contributed by atoms with van der Waals surface area (Å²) >= 11 is 5.98. The van der Waals surface area contributed by atoms with Gasteiger partial charge in [0, 0.05) is 31.4 Å². The minimum absolute atomic E-state index is 0.0212. The van der Waals surface area contributed by atoms with Crippen LogP contribution in [0.15, 0.2) is 23.1 Å². The molecule has 1 fully saturated rings. The Kier molecular flexibility index (Phi) is 6.41. The molecule has 0 unspecified atom stereocenters. The standard InChI is InChI=1S/C15H21ClN2O4S/c1-2-22-9-3-8-17-15(19)11-4-7-13(16)14(10-11)23(20,21)18-12-5-6-12/h4,7,10,12,18H,2-3,5-6,8-9H2,1H3,(H,17,19). The number of carbonyl (C=O) groups excluding carboxylic acids is 1. The summed E-state index contributed by atoms with van der Waals surface area (Å²) in [6.45, 7) is 3.58. The molecule has 2 rings (SSSR count). The Morgan fingerprint density at radius 2 is 2.13 bits per heavy atom. The van der Waals surface area contributed by atoms with Crippen molar-refractivity contribution in [3.8, 4) is 0 Å². The monoisotopic (exact) mass is 360 g/mol. The van der Waals surface area contributed by atoms with Crippen molar-refractivity contribution in [2.24, 2.45) is 0 Å². The van der Waals surface area contributed by atoms with E-state index in [1.54, 1.807) is 0 Å². The van der Waals surface area contributed by atoms with Crippen molar-refractivity contribution in [1.82, 2.24) is 10.0 Å². The molecule has 1 saturated carbocycles. The van der Waals surface area contributed by atoms with Crippen molar-refractivity contribution >= 4 is 27.5 Å². The van der Waals surface area contributed by atoms with Crippen LogP contribution in [0.4, 0.5) is 0 Å². The van der Waals surface area contributed by atoms with Crippen LogP contribution >= 0.6 is 11.6 Å². The van der Waals surface area contributed by atoms with Gasteiger partial charge in [-0.3, -0.25) is 4.79 Å². The maximum absolute atomic E-state index is 12.3. The summed E-state index contributed by atoms with van der Waals surface area (Å²) in [6, 6.07) is 4.23. The number of ether oxygens (including phenoxy) is 1. The lowest BCUT2D eigenvalue weighted by atomic mass is 10.2. The average molecular weight is 361 g/mol. The maximum atomic E-state index is 12.3. The largest absolute Gasteiger partial charge is 0.382 e. The summed E-state index contributed by atoms with van der Waals surface area (Å²) in [7, 11) is -3.70. The molecule has 23 heavy (non-hydrogen) atoms. The molecule has 0 spiro atoms. The van der Waals surface area contributed by atoms with E-state index in [0.29, 0.717) is 26.2 Å². The van der Waals surface area contributed by atoms with E-state index in [0.717, 1.165) is 12.8 Å². The van der Waals surface area contributed by atoms with Crippen LogP contribution in [0.5, 0.6) is 0 Å². The van der Waals surface area contributed by atoms with E-state index in [1.807, 2.05) is 6.92 Å². The fourth-order valence-corrected chi connectivity index (χ4v) is 3.79. The molecule has 0 radical (unpaired) electrons. The van der Waals surface area contributed by atoms with Crippen molar-refractivity contribution < 1.29 is 17.9 Å². The predicted molar refractivity (Wildman–Crippen MR) is 88.2 cm³/mol. The lowest BCUT2D eigenvalue weighted by molar-refractivity contribution is 0.0944. The van der Waals surface area contributed by atoms with Crippen LogP contribution in [-0.4, -0.2) is 40.1 Å². The van der Waals surface area contributed by atoms with Crippen LogP contribution in [-0.2, 0) is 14.8 Å². The van der Waals surface area contributed by atoms with Gasteiger partial charge in [-0.2, -0.15) is 0 Å². The number of hydrogen-bond donors (Lipinski definition) is 2. The highest BCUT2D eigenvalue weighted by Crippen LogP contribution is 2.26. The van der Waals surface area contributed by atoms with E-state index in [4.69, 9.17) is 16.3 Å². The van der Waals surface area contributed by atoms with Crippen LogP contribution in [0.1, 0.15) is 36.5 Å². The average Bonchev–Trinajstić information content (AvgIpc) is 3.30. The molecule has 6 nitrogen and oxygen atoms in total. The van der Waals surface area contributed by atoms with Crippen LogP contribution < -0.4 is 10.0 Å². The Morgan fingerprint density at radius 1 is 1.39 bits per heavy atom. The minimum Gasteiger partial charge on any atom is -0.382 e. The van der Waals surface area contributed by atoms with Crippen LogP contribution in [0.3, 0.4) is 0 Å². The lowest BCUT2D eigenvalue weighted by Crippen LogP contribution is -2.28. The zero-order valence-electron chi connectivity index (χ0n) is 13.0. The molecular weight excluding hydrogens is 340 g/mol. The SMILES string of the molecule is CCOCCCNC(=O)c1ccc(Cl)c(S(=O)(=O)NC2CC2)c1. The molecule has 0 atom stereocenters. The molecule has 2 N–H and O–H groups in total. The molecule has 8 heteroatoms. The Hall–Kier alpha value is -1.15. The van der Waals surface area contributed by atoms with Crippen molar-refractivity contribution in [1.29, 1.82) is 0 Å². The maximum Gasteiger partial charge on any atom is 0.251 e. The summed E-state index contributed by atoms with van der Waals surface area (Å²) in [5.41, 5.74) is 0.266. The number of carbonyl (C=O) groups is 1. The highest BCUT2D eigenvalue weighted by molar-refractivity contribution is 7.89. The second kappa shape index (κ2) is 8.10. The van der Waals surface area contributed by atoms with Gasteiger partial charge < -0.3 is 10.1 Å². The molecule has 0 aromatic heterocycles. The Labute approximate surface area is 141 Å². The van der Waals surface area contributed by atoms with Crippen LogP contribution in [0.25, 0.3) is 0 Å². The Morgan fingerprint density at radius 3 is 2.78 bits per heavy atom. The van der Waals surface area contributed by atoms with E-state index in [9.17, 15) is 13.2 Å². The van der Waals surface area contributed by atoms with Gasteiger partial charge in [0.05, 0.1) is 5.02 Å². The normalized spacial score (nSPS) is 14.7. The number of benzene rings is 1. The van der Waals surface area contributed by atoms with Gasteiger partial charge in [0.15, 0.2) is 0 Å². The van der Waals surface area contributed by atoms with Gasteiger partial charge in [-0.25, -0.2) is 13.1 Å². The molecular formula is C15H21ClN2O4S. The van der Waals surface area contributed by atoms with Crippen molar-refractivity contribution in [3.63, 3.8) is 0 Å². The van der Waals surface area contributed by atoms with E-state index < -0.39 is 10.0 Å². The van der Waals surface area contributed by atoms with E-state index >= 15 is 0 Å². The topological polar surface area (TPSA) is 84.5 Å². The number of nitrogens with one attached hydrogen (secondary N) is 2. The minimum atomic E-state index is -3.70. The fraction of sp³-hybridized carbons (Fsp3) is 0.533. The van der Waals surface area contributed by atoms with Crippen molar-refractivity contribution in [2.45, 2.75) is 37.1 Å². The fourth-order valence-electron chi connectivity index (χ4n) is 1.96. The number of halogens is 1. The number of amides is 1. The van der Waals surface area contributed by atoms with Crippen molar-refractivity contribution in [2.75, 3.05) is 19.8 Å². The third kappa shape index (κ3) is 5.46. The molecule has 128 valence electrons. The second-order valence-electron chi connectivity index (χ2n) is 5.35. The van der Waals surface area contributed by atoms with Gasteiger partial charge in [0.25, 0.3) is 5.91 Å². The second-order valence-corrected chi connectivity index (χ2v) is 7.44. The zero-order chi connectivity index (χ0) is 16.9. The molecule has 0 bridgehead atoms. The predicted octanol–water partition coefficient (Wildman–Crippen LogP) is 1.94.